The summed E-state index contributed by atoms with van der Waals surface area (Å²) in [5.74, 6) is 0.135. The second kappa shape index (κ2) is 8.99. The largest absolute Gasteiger partial charge is 0.497 e. The molecule has 8 heteroatoms. The molecule has 0 aliphatic heterocycles. The van der Waals surface area contributed by atoms with E-state index in [0.717, 1.165) is 5.52 Å². The van der Waals surface area contributed by atoms with E-state index in [1.54, 1.807) is 24.3 Å². The normalized spacial score (nSPS) is 11.8. The molecule has 0 aliphatic carbocycles. The lowest BCUT2D eigenvalue weighted by molar-refractivity contribution is 0.0993. The second-order valence-electron chi connectivity index (χ2n) is 5.83. The van der Waals surface area contributed by atoms with Gasteiger partial charge in [0.25, 0.3) is 5.91 Å². The fourth-order valence-electron chi connectivity index (χ4n) is 2.78. The summed E-state index contributed by atoms with van der Waals surface area (Å²) < 4.78 is 32.1. The Bertz CT molecular complexity index is 1060. The molecule has 0 unspecified atom stereocenters. The minimum atomic E-state index is -0.465. The summed E-state index contributed by atoms with van der Waals surface area (Å²) in [7, 11) is 3.01. The summed E-state index contributed by atoms with van der Waals surface area (Å²) in [4.78, 5) is 17.6. The highest BCUT2D eigenvalue weighted by Crippen LogP contribution is 2.25. The number of rotatable bonds is 7. The van der Waals surface area contributed by atoms with E-state index in [1.807, 2.05) is 11.5 Å². The molecule has 0 bridgehead atoms. The molecule has 0 spiro atoms. The van der Waals surface area contributed by atoms with Crippen molar-refractivity contribution in [2.45, 2.75) is 13.5 Å². The molecule has 0 fully saturated rings. The van der Waals surface area contributed by atoms with Crippen LogP contribution in [0.3, 0.4) is 0 Å². The number of fused-ring (bicyclic) bond motifs is 1. The summed E-state index contributed by atoms with van der Waals surface area (Å²) >= 11 is 1.25. The summed E-state index contributed by atoms with van der Waals surface area (Å²) in [5.41, 5.74) is 1.09. The molecule has 1 aromatic heterocycles. The highest BCUT2D eigenvalue weighted by Gasteiger charge is 2.15. The lowest BCUT2D eigenvalue weighted by atomic mass is 10.2. The van der Waals surface area contributed by atoms with Gasteiger partial charge in [-0.15, -0.1) is 0 Å². The average molecular weight is 404 g/mol. The molecule has 0 saturated heterocycles. The predicted octanol–water partition coefficient (Wildman–Crippen LogP) is 3.64. The van der Waals surface area contributed by atoms with E-state index in [-0.39, 0.29) is 5.82 Å². The topological polar surface area (TPSA) is 62.1 Å². The van der Waals surface area contributed by atoms with Crippen LogP contribution in [0.25, 0.3) is 10.2 Å². The maximum Gasteiger partial charge on any atom is 0.283 e. The number of hydrogen-bond acceptors (Lipinski definition) is 5. The number of amides is 1. The molecule has 0 aliphatic rings. The third-order valence-electron chi connectivity index (χ3n) is 4.14. The molecule has 0 atom stereocenters. The van der Waals surface area contributed by atoms with Crippen LogP contribution in [-0.2, 0) is 11.3 Å². The zero-order valence-electron chi connectivity index (χ0n) is 15.9. The molecule has 1 amide bonds. The predicted molar refractivity (Wildman–Crippen MR) is 106 cm³/mol. The summed E-state index contributed by atoms with van der Waals surface area (Å²) in [6, 6.07) is 9.46. The Hall–Kier alpha value is -2.71. The van der Waals surface area contributed by atoms with Crippen molar-refractivity contribution in [1.29, 1.82) is 0 Å². The molecular weight excluding hydrogens is 383 g/mol. The molecule has 148 valence electrons. The van der Waals surface area contributed by atoms with Crippen LogP contribution in [0, 0.1) is 5.82 Å². The number of ether oxygens (including phenoxy) is 3. The van der Waals surface area contributed by atoms with Crippen LogP contribution in [0.5, 0.6) is 11.5 Å². The van der Waals surface area contributed by atoms with Crippen LogP contribution in [0.4, 0.5) is 4.39 Å². The molecule has 2 aromatic carbocycles. The van der Waals surface area contributed by atoms with Crippen molar-refractivity contribution in [2.24, 2.45) is 4.99 Å². The van der Waals surface area contributed by atoms with E-state index < -0.39 is 5.91 Å². The van der Waals surface area contributed by atoms with Crippen molar-refractivity contribution in [3.63, 3.8) is 0 Å². The van der Waals surface area contributed by atoms with E-state index >= 15 is 0 Å². The third kappa shape index (κ3) is 4.23. The van der Waals surface area contributed by atoms with Crippen LogP contribution >= 0.6 is 11.3 Å². The maximum atomic E-state index is 13.6. The van der Waals surface area contributed by atoms with Gasteiger partial charge in [0.05, 0.1) is 36.6 Å². The van der Waals surface area contributed by atoms with Gasteiger partial charge in [0, 0.05) is 13.2 Å². The fourth-order valence-corrected chi connectivity index (χ4v) is 3.86. The molecule has 3 aromatic rings. The van der Waals surface area contributed by atoms with E-state index in [4.69, 9.17) is 14.2 Å². The molecule has 0 N–H and O–H groups in total. The van der Waals surface area contributed by atoms with Crippen molar-refractivity contribution in [3.8, 4) is 11.5 Å². The smallest absolute Gasteiger partial charge is 0.283 e. The molecule has 28 heavy (non-hydrogen) atoms. The van der Waals surface area contributed by atoms with Crippen molar-refractivity contribution < 1.29 is 23.4 Å². The molecule has 0 radical (unpaired) electrons. The fraction of sp³-hybridized carbons (Fsp3) is 0.300. The Balaban J connectivity index is 2.10. The van der Waals surface area contributed by atoms with Crippen molar-refractivity contribution in [1.82, 2.24) is 4.57 Å². The SMILES string of the molecule is CCOCCn1c(=NC(=O)c2cc(OC)ccc2OC)sc2cc(F)ccc21. The first kappa shape index (κ1) is 20.0. The number of thiazole rings is 1. The van der Waals surface area contributed by atoms with Crippen LogP contribution in [-0.4, -0.2) is 37.9 Å². The standard InChI is InChI=1S/C20H21FN2O4S/c1-4-27-10-9-23-16-7-5-13(21)11-18(16)28-20(23)22-19(24)15-12-14(25-2)6-8-17(15)26-3/h5-8,11-12H,4,9-10H2,1-3H3. The molecule has 3 rings (SSSR count). The highest BCUT2D eigenvalue weighted by molar-refractivity contribution is 7.16. The minimum absolute atomic E-state index is 0.293. The monoisotopic (exact) mass is 404 g/mol. The first-order valence-electron chi connectivity index (χ1n) is 8.75. The van der Waals surface area contributed by atoms with Crippen LogP contribution in [0.1, 0.15) is 17.3 Å². The van der Waals surface area contributed by atoms with Gasteiger partial charge in [-0.2, -0.15) is 4.99 Å². The van der Waals surface area contributed by atoms with Gasteiger partial charge in [-0.25, -0.2) is 4.39 Å². The van der Waals surface area contributed by atoms with Crippen LogP contribution in [0.15, 0.2) is 41.4 Å². The lowest BCUT2D eigenvalue weighted by Gasteiger charge is -2.08. The van der Waals surface area contributed by atoms with Crippen molar-refractivity contribution in [3.05, 3.63) is 52.6 Å². The zero-order valence-corrected chi connectivity index (χ0v) is 16.7. The molecule has 0 saturated carbocycles. The van der Waals surface area contributed by atoms with Gasteiger partial charge < -0.3 is 18.8 Å². The first-order chi connectivity index (χ1) is 13.6. The van der Waals surface area contributed by atoms with Gasteiger partial charge in [0.1, 0.15) is 17.3 Å². The number of aromatic nitrogens is 1. The average Bonchev–Trinajstić information content (AvgIpc) is 3.03. The molecular formula is C20H21FN2O4S. The van der Waals surface area contributed by atoms with Gasteiger partial charge in [-0.3, -0.25) is 4.79 Å². The van der Waals surface area contributed by atoms with Crippen molar-refractivity contribution in [2.75, 3.05) is 27.4 Å². The van der Waals surface area contributed by atoms with Crippen LogP contribution < -0.4 is 14.3 Å². The maximum absolute atomic E-state index is 13.6. The Morgan fingerprint density at radius 1 is 1.18 bits per heavy atom. The van der Waals surface area contributed by atoms with Gasteiger partial charge in [0.2, 0.25) is 0 Å². The van der Waals surface area contributed by atoms with Gasteiger partial charge in [-0.05, 0) is 43.3 Å². The minimum Gasteiger partial charge on any atom is -0.497 e. The Morgan fingerprint density at radius 3 is 2.71 bits per heavy atom. The number of carbonyl (C=O) groups is 1. The Labute approximate surface area is 165 Å². The first-order valence-corrected chi connectivity index (χ1v) is 9.56. The van der Waals surface area contributed by atoms with Crippen molar-refractivity contribution >= 4 is 27.5 Å². The number of halogens is 1. The second-order valence-corrected chi connectivity index (χ2v) is 6.84. The zero-order chi connectivity index (χ0) is 20.1. The van der Waals surface area contributed by atoms with E-state index in [2.05, 4.69) is 4.99 Å². The molecule has 1 heterocycles. The van der Waals surface area contributed by atoms with Gasteiger partial charge in [-0.1, -0.05) is 11.3 Å². The Morgan fingerprint density at radius 2 is 2.00 bits per heavy atom. The highest BCUT2D eigenvalue weighted by atomic mass is 32.1. The van der Waals surface area contributed by atoms with Gasteiger partial charge in [0.15, 0.2) is 4.80 Å². The number of nitrogens with zero attached hydrogens (tertiary/aromatic N) is 2. The van der Waals surface area contributed by atoms with Crippen LogP contribution in [0.2, 0.25) is 0 Å². The molecule has 6 nitrogen and oxygen atoms in total. The summed E-state index contributed by atoms with van der Waals surface area (Å²) in [6.45, 7) is 3.46. The quantitative estimate of drug-likeness (QED) is 0.564. The lowest BCUT2D eigenvalue weighted by Crippen LogP contribution is -2.20. The summed E-state index contributed by atoms with van der Waals surface area (Å²) in [5, 5.41) is 0. The number of carbonyl (C=O) groups excluding carboxylic acids is 1. The van der Waals surface area contributed by atoms with E-state index in [0.29, 0.717) is 46.3 Å². The van der Waals surface area contributed by atoms with Gasteiger partial charge >= 0.3 is 0 Å². The number of benzene rings is 2. The Kier molecular flexibility index (Phi) is 6.43. The van der Waals surface area contributed by atoms with E-state index in [9.17, 15) is 9.18 Å². The number of methoxy groups -OCH3 is 2. The third-order valence-corrected chi connectivity index (χ3v) is 5.18. The number of hydrogen-bond donors (Lipinski definition) is 0. The summed E-state index contributed by atoms with van der Waals surface area (Å²) in [6.07, 6.45) is 0. The van der Waals surface area contributed by atoms with E-state index in [1.165, 1.54) is 37.7 Å².